The van der Waals surface area contributed by atoms with Gasteiger partial charge in [-0.15, -0.1) is 0 Å². The maximum absolute atomic E-state index is 11.4. The minimum absolute atomic E-state index is 0.0481. The average Bonchev–Trinajstić information content (AvgIpc) is 2.36. The number of carbonyl (C=O) groups is 2. The maximum atomic E-state index is 11.4. The Hall–Kier alpha value is -1.93. The predicted molar refractivity (Wildman–Crippen MR) is 74.8 cm³/mol. The van der Waals surface area contributed by atoms with E-state index in [-0.39, 0.29) is 12.2 Å². The van der Waals surface area contributed by atoms with Gasteiger partial charge in [-0.1, -0.05) is 34.1 Å². The van der Waals surface area contributed by atoms with E-state index in [2.05, 4.69) is 15.9 Å². The van der Waals surface area contributed by atoms with Crippen LogP contribution in [0.5, 0.6) is 0 Å². The summed E-state index contributed by atoms with van der Waals surface area (Å²) in [5.41, 5.74) is 2.13. The van der Waals surface area contributed by atoms with E-state index in [0.29, 0.717) is 11.1 Å². The molecule has 1 atom stereocenters. The Kier molecular flexibility index (Phi) is 5.46. The molecule has 0 saturated carbocycles. The molecule has 5 heteroatoms. The second-order valence-corrected chi connectivity index (χ2v) is 4.85. The van der Waals surface area contributed by atoms with Gasteiger partial charge in [-0.3, -0.25) is 4.79 Å². The van der Waals surface area contributed by atoms with Crippen LogP contribution in [0.2, 0.25) is 0 Å². The zero-order valence-corrected chi connectivity index (χ0v) is 11.8. The van der Waals surface area contributed by atoms with Gasteiger partial charge in [0, 0.05) is 6.08 Å². The lowest BCUT2D eigenvalue weighted by molar-refractivity contribution is -0.131. The molecule has 1 rings (SSSR count). The topological polar surface area (TPSA) is 78.2 Å². The first-order valence-corrected chi connectivity index (χ1v) is 6.42. The molecule has 0 heterocycles. The number of carbonyl (C=O) groups excluding carboxylic acids is 1. The molecule has 1 aromatic rings. The Balaban J connectivity index is 3.18. The number of benzene rings is 1. The van der Waals surface area contributed by atoms with Gasteiger partial charge < -0.3 is 5.11 Å². The lowest BCUT2D eigenvalue weighted by Gasteiger charge is -2.11. The van der Waals surface area contributed by atoms with Gasteiger partial charge in [0.25, 0.3) is 0 Å². The van der Waals surface area contributed by atoms with Crippen molar-refractivity contribution in [3.8, 4) is 6.07 Å². The van der Waals surface area contributed by atoms with E-state index in [0.717, 1.165) is 11.6 Å². The van der Waals surface area contributed by atoms with Crippen LogP contribution >= 0.6 is 15.9 Å². The van der Waals surface area contributed by atoms with Crippen LogP contribution in [0, 0.1) is 11.3 Å². The van der Waals surface area contributed by atoms with E-state index in [1.54, 1.807) is 18.2 Å². The number of carboxylic acids is 1. The molecular weight excluding hydrogens is 310 g/mol. The number of carboxylic acid groups (broad SMARTS) is 1. The minimum Gasteiger partial charge on any atom is -0.478 e. The molecule has 0 spiro atoms. The summed E-state index contributed by atoms with van der Waals surface area (Å²) in [5, 5.41) is 17.4. The highest BCUT2D eigenvalue weighted by Crippen LogP contribution is 2.28. The summed E-state index contributed by atoms with van der Waals surface area (Å²) >= 11 is 3.29. The molecule has 19 heavy (non-hydrogen) atoms. The van der Waals surface area contributed by atoms with Gasteiger partial charge in [-0.25, -0.2) is 4.79 Å². The predicted octanol–water partition coefficient (Wildman–Crippen LogP) is 2.88. The first kappa shape index (κ1) is 15.1. The second-order valence-electron chi connectivity index (χ2n) is 3.94. The van der Waals surface area contributed by atoms with Gasteiger partial charge in [0.15, 0.2) is 0 Å². The zero-order chi connectivity index (χ0) is 14.4. The highest BCUT2D eigenvalue weighted by molar-refractivity contribution is 9.09. The second kappa shape index (κ2) is 6.86. The minimum atomic E-state index is -1.03. The average molecular weight is 322 g/mol. The number of nitriles is 1. The van der Waals surface area contributed by atoms with Crippen LogP contribution < -0.4 is 0 Å². The molecule has 0 bridgehead atoms. The fraction of sp³-hybridized carbons (Fsp3) is 0.214. The number of hydrogen-bond donors (Lipinski definition) is 1. The van der Waals surface area contributed by atoms with E-state index in [9.17, 15) is 9.59 Å². The van der Waals surface area contributed by atoms with Crippen LogP contribution in [0.15, 0.2) is 24.3 Å². The smallest absolute Gasteiger partial charge is 0.328 e. The third-order valence-corrected chi connectivity index (χ3v) is 3.62. The van der Waals surface area contributed by atoms with Crippen molar-refractivity contribution >= 4 is 33.8 Å². The normalized spacial score (nSPS) is 12.1. The molecule has 0 amide bonds. The molecule has 4 nitrogen and oxygen atoms in total. The van der Waals surface area contributed by atoms with Crippen LogP contribution in [0.1, 0.15) is 28.4 Å². The van der Waals surface area contributed by atoms with Crippen molar-refractivity contribution < 1.29 is 14.7 Å². The quantitative estimate of drug-likeness (QED) is 0.668. The summed E-state index contributed by atoms with van der Waals surface area (Å²) in [5.74, 6) is -1.08. The molecule has 0 aliphatic heterocycles. The highest BCUT2D eigenvalue weighted by Gasteiger charge is 2.16. The molecule has 0 aromatic heterocycles. The Bertz CT molecular complexity index is 573. The van der Waals surface area contributed by atoms with E-state index in [1.807, 2.05) is 6.07 Å². The van der Waals surface area contributed by atoms with Crippen LogP contribution in [-0.4, -0.2) is 16.9 Å². The largest absolute Gasteiger partial charge is 0.478 e. The molecular formula is C14H12BrNO3. The van der Waals surface area contributed by atoms with Crippen LogP contribution in [0.3, 0.4) is 0 Å². The Morgan fingerprint density at radius 1 is 1.53 bits per heavy atom. The SMILES string of the molecule is CC(=O)C(Br)c1ccc(/C=C/C(=O)O)cc1CC#N. The van der Waals surface area contributed by atoms with Crippen LogP contribution in [0.25, 0.3) is 6.08 Å². The van der Waals surface area contributed by atoms with Crippen molar-refractivity contribution in [1.82, 2.24) is 0 Å². The fourth-order valence-corrected chi connectivity index (χ4v) is 2.05. The van der Waals surface area contributed by atoms with Crippen LogP contribution in [0.4, 0.5) is 0 Å². The molecule has 98 valence electrons. The molecule has 0 saturated heterocycles. The van der Waals surface area contributed by atoms with Crippen molar-refractivity contribution in [3.05, 3.63) is 41.0 Å². The zero-order valence-electron chi connectivity index (χ0n) is 10.3. The summed E-state index contributed by atoms with van der Waals surface area (Å²) in [7, 11) is 0. The molecule has 1 N–H and O–H groups in total. The lowest BCUT2D eigenvalue weighted by Crippen LogP contribution is -2.05. The molecule has 0 fully saturated rings. The van der Waals surface area contributed by atoms with Gasteiger partial charge in [0.2, 0.25) is 0 Å². The summed E-state index contributed by atoms with van der Waals surface area (Å²) in [6.07, 6.45) is 2.64. The Labute approximate surface area is 119 Å². The third-order valence-electron chi connectivity index (χ3n) is 2.48. The van der Waals surface area contributed by atoms with E-state index in [4.69, 9.17) is 10.4 Å². The maximum Gasteiger partial charge on any atom is 0.328 e. The van der Waals surface area contributed by atoms with Gasteiger partial charge in [-0.05, 0) is 29.7 Å². The van der Waals surface area contributed by atoms with Gasteiger partial charge in [-0.2, -0.15) is 5.26 Å². The first-order valence-electron chi connectivity index (χ1n) is 5.51. The number of rotatable bonds is 5. The van der Waals surface area contributed by atoms with Gasteiger partial charge >= 0.3 is 5.97 Å². The van der Waals surface area contributed by atoms with Gasteiger partial charge in [0.05, 0.1) is 17.3 Å². The number of hydrogen-bond acceptors (Lipinski definition) is 3. The standard InChI is InChI=1S/C14H12BrNO3/c1-9(17)14(15)12-4-2-10(3-5-13(18)19)8-11(12)6-7-16/h2-5,8,14H,6H2,1H3,(H,18,19)/b5-3+. The first-order chi connectivity index (χ1) is 8.95. The van der Waals surface area contributed by atoms with Gasteiger partial charge in [0.1, 0.15) is 5.78 Å². The third kappa shape index (κ3) is 4.34. The van der Waals surface area contributed by atoms with Crippen LogP contribution in [-0.2, 0) is 16.0 Å². The molecule has 1 unspecified atom stereocenters. The Morgan fingerprint density at radius 2 is 2.21 bits per heavy atom. The number of aliphatic carboxylic acids is 1. The summed E-state index contributed by atoms with van der Waals surface area (Å²) in [4.78, 5) is 21.4. The molecule has 0 aliphatic carbocycles. The summed E-state index contributed by atoms with van der Waals surface area (Å²) < 4.78 is 0. The van der Waals surface area contributed by atoms with Crippen molar-refractivity contribution in [3.63, 3.8) is 0 Å². The monoisotopic (exact) mass is 321 g/mol. The van der Waals surface area contributed by atoms with Crippen molar-refractivity contribution in [1.29, 1.82) is 5.26 Å². The number of nitrogens with zero attached hydrogens (tertiary/aromatic N) is 1. The Morgan fingerprint density at radius 3 is 2.74 bits per heavy atom. The van der Waals surface area contributed by atoms with E-state index >= 15 is 0 Å². The summed E-state index contributed by atoms with van der Waals surface area (Å²) in [6.45, 7) is 1.47. The fourth-order valence-electron chi connectivity index (χ4n) is 1.60. The summed E-state index contributed by atoms with van der Waals surface area (Å²) in [6, 6.07) is 7.20. The van der Waals surface area contributed by atoms with E-state index in [1.165, 1.54) is 13.0 Å². The van der Waals surface area contributed by atoms with Crippen molar-refractivity contribution in [2.45, 2.75) is 18.2 Å². The number of halogens is 1. The van der Waals surface area contributed by atoms with E-state index < -0.39 is 10.8 Å². The van der Waals surface area contributed by atoms with Crippen molar-refractivity contribution in [2.24, 2.45) is 0 Å². The number of Topliss-reactive ketones (excluding diaryl/α,β-unsaturated/α-hetero) is 1. The lowest BCUT2D eigenvalue weighted by atomic mass is 9.98. The molecule has 0 radical (unpaired) electrons. The highest BCUT2D eigenvalue weighted by atomic mass is 79.9. The van der Waals surface area contributed by atoms with Crippen molar-refractivity contribution in [2.75, 3.05) is 0 Å². The molecule has 1 aromatic carbocycles. The number of alkyl halides is 1. The number of ketones is 1. The molecule has 0 aliphatic rings.